The van der Waals surface area contributed by atoms with Crippen molar-refractivity contribution < 1.29 is 4.79 Å². The molecule has 2 aromatic heterocycles. The maximum atomic E-state index is 12.2. The Morgan fingerprint density at radius 2 is 2.12 bits per heavy atom. The summed E-state index contributed by atoms with van der Waals surface area (Å²) in [7, 11) is 3.80. The molecule has 0 unspecified atom stereocenters. The first-order valence-corrected chi connectivity index (χ1v) is 10.1. The van der Waals surface area contributed by atoms with Gasteiger partial charge in [-0.3, -0.25) is 4.79 Å². The van der Waals surface area contributed by atoms with Crippen molar-refractivity contribution in [2.75, 3.05) is 30.8 Å². The Bertz CT molecular complexity index is 880. The Morgan fingerprint density at radius 1 is 1.35 bits per heavy atom. The second kappa shape index (κ2) is 8.05. The molecule has 138 valence electrons. The first kappa shape index (κ1) is 18.7. The standard InChI is InChI=1S/C17H22N6OS2/c1-11-5-6-12(2)15-14(11)20-16(26-15)22(3)9-13(24)18-7-8-25-17-21-19-10-23(17)4/h5-6,10H,7-9H2,1-4H3,(H,18,24). The van der Waals surface area contributed by atoms with Crippen molar-refractivity contribution in [3.63, 3.8) is 0 Å². The SMILES string of the molecule is Cc1ccc(C)c2sc(N(C)CC(=O)NCCSc3nncn3C)nc12. The molecule has 0 atom stereocenters. The molecule has 7 nitrogen and oxygen atoms in total. The van der Waals surface area contributed by atoms with Gasteiger partial charge in [-0.2, -0.15) is 0 Å². The summed E-state index contributed by atoms with van der Waals surface area (Å²) in [6, 6.07) is 4.20. The average molecular weight is 391 g/mol. The van der Waals surface area contributed by atoms with E-state index in [4.69, 9.17) is 4.98 Å². The number of thioether (sulfide) groups is 1. The molecule has 0 aliphatic rings. The first-order chi connectivity index (χ1) is 12.5. The number of likely N-dealkylation sites (N-methyl/N-ethyl adjacent to an activating group) is 1. The number of nitrogens with zero attached hydrogens (tertiary/aromatic N) is 5. The van der Waals surface area contributed by atoms with Crippen LogP contribution in [0.25, 0.3) is 10.2 Å². The zero-order valence-electron chi connectivity index (χ0n) is 15.3. The predicted octanol–water partition coefficient (Wildman–Crippen LogP) is 2.39. The van der Waals surface area contributed by atoms with E-state index in [1.54, 1.807) is 29.4 Å². The van der Waals surface area contributed by atoms with Crippen LogP contribution in [0.15, 0.2) is 23.6 Å². The molecule has 2 heterocycles. The van der Waals surface area contributed by atoms with Gasteiger partial charge in [-0.15, -0.1) is 10.2 Å². The number of aromatic nitrogens is 4. The molecule has 0 radical (unpaired) electrons. The first-order valence-electron chi connectivity index (χ1n) is 8.27. The third-order valence-corrected chi connectivity index (χ3v) is 6.30. The molecule has 0 fully saturated rings. The molecular formula is C17H22N6OS2. The van der Waals surface area contributed by atoms with E-state index in [9.17, 15) is 4.79 Å². The normalized spacial score (nSPS) is 11.1. The zero-order chi connectivity index (χ0) is 18.7. The molecule has 26 heavy (non-hydrogen) atoms. The lowest BCUT2D eigenvalue weighted by atomic mass is 10.1. The van der Waals surface area contributed by atoms with Crippen LogP contribution >= 0.6 is 23.1 Å². The quantitative estimate of drug-likeness (QED) is 0.493. The molecule has 0 bridgehead atoms. The van der Waals surface area contributed by atoms with E-state index in [0.29, 0.717) is 6.54 Å². The molecule has 0 spiro atoms. The van der Waals surface area contributed by atoms with Crippen molar-refractivity contribution >= 4 is 44.4 Å². The summed E-state index contributed by atoms with van der Waals surface area (Å²) >= 11 is 3.20. The molecule has 1 N–H and O–H groups in total. The summed E-state index contributed by atoms with van der Waals surface area (Å²) in [6.45, 7) is 5.02. The van der Waals surface area contributed by atoms with Crippen LogP contribution in [0.4, 0.5) is 5.13 Å². The topological polar surface area (TPSA) is 75.9 Å². The summed E-state index contributed by atoms with van der Waals surface area (Å²) < 4.78 is 3.05. The number of anilines is 1. The van der Waals surface area contributed by atoms with E-state index >= 15 is 0 Å². The number of nitrogens with one attached hydrogen (secondary N) is 1. The van der Waals surface area contributed by atoms with E-state index in [1.807, 2.05) is 23.6 Å². The van der Waals surface area contributed by atoms with Crippen LogP contribution in [0.3, 0.4) is 0 Å². The fourth-order valence-corrected chi connectivity index (χ4v) is 4.30. The number of hydrogen-bond acceptors (Lipinski definition) is 7. The number of rotatable bonds is 7. The Morgan fingerprint density at radius 3 is 2.81 bits per heavy atom. The molecule has 1 amide bonds. The molecule has 3 rings (SSSR count). The number of carbonyl (C=O) groups is 1. The Kier molecular flexibility index (Phi) is 5.77. The van der Waals surface area contributed by atoms with Gasteiger partial charge in [-0.1, -0.05) is 35.2 Å². The van der Waals surface area contributed by atoms with Crippen LogP contribution in [0, 0.1) is 13.8 Å². The van der Waals surface area contributed by atoms with Crippen LogP contribution in [0.5, 0.6) is 0 Å². The number of aryl methyl sites for hydroxylation is 3. The number of fused-ring (bicyclic) bond motifs is 1. The van der Waals surface area contributed by atoms with Crippen LogP contribution in [0.1, 0.15) is 11.1 Å². The van der Waals surface area contributed by atoms with E-state index < -0.39 is 0 Å². The maximum Gasteiger partial charge on any atom is 0.239 e. The third kappa shape index (κ3) is 4.16. The molecular weight excluding hydrogens is 368 g/mol. The highest BCUT2D eigenvalue weighted by Crippen LogP contribution is 2.32. The molecule has 1 aromatic carbocycles. The number of thiazole rings is 1. The summed E-state index contributed by atoms with van der Waals surface area (Å²) in [5.74, 6) is 0.736. The minimum atomic E-state index is -0.0150. The van der Waals surface area contributed by atoms with Crippen LogP contribution in [-0.2, 0) is 11.8 Å². The monoisotopic (exact) mass is 390 g/mol. The minimum Gasteiger partial charge on any atom is -0.354 e. The summed E-state index contributed by atoms with van der Waals surface area (Å²) in [5, 5.41) is 12.5. The summed E-state index contributed by atoms with van der Waals surface area (Å²) in [5.41, 5.74) is 3.40. The maximum absolute atomic E-state index is 12.2. The molecule has 3 aromatic rings. The highest BCUT2D eigenvalue weighted by atomic mass is 32.2. The fraction of sp³-hybridized carbons (Fsp3) is 0.412. The van der Waals surface area contributed by atoms with E-state index in [2.05, 4.69) is 41.5 Å². The Labute approximate surface area is 160 Å². The number of benzene rings is 1. The second-order valence-electron chi connectivity index (χ2n) is 6.15. The van der Waals surface area contributed by atoms with Crippen molar-refractivity contribution in [1.29, 1.82) is 0 Å². The van der Waals surface area contributed by atoms with Gasteiger partial charge in [-0.25, -0.2) is 4.98 Å². The van der Waals surface area contributed by atoms with Gasteiger partial charge in [0.15, 0.2) is 10.3 Å². The van der Waals surface area contributed by atoms with Gasteiger partial charge >= 0.3 is 0 Å². The predicted molar refractivity (Wildman–Crippen MR) is 107 cm³/mol. The van der Waals surface area contributed by atoms with Gasteiger partial charge in [0.2, 0.25) is 5.91 Å². The smallest absolute Gasteiger partial charge is 0.239 e. The van der Waals surface area contributed by atoms with Gasteiger partial charge < -0.3 is 14.8 Å². The van der Waals surface area contributed by atoms with Crippen molar-refractivity contribution in [3.8, 4) is 0 Å². The van der Waals surface area contributed by atoms with Crippen LogP contribution < -0.4 is 10.2 Å². The third-order valence-electron chi connectivity index (χ3n) is 3.96. The minimum absolute atomic E-state index is 0.0150. The lowest BCUT2D eigenvalue weighted by molar-refractivity contribution is -0.119. The summed E-state index contributed by atoms with van der Waals surface area (Å²) in [4.78, 5) is 18.8. The van der Waals surface area contributed by atoms with Crippen molar-refractivity contribution in [3.05, 3.63) is 29.6 Å². The lowest BCUT2D eigenvalue weighted by Gasteiger charge is -2.15. The largest absolute Gasteiger partial charge is 0.354 e. The molecule has 0 saturated carbocycles. The van der Waals surface area contributed by atoms with Gasteiger partial charge in [0.05, 0.1) is 16.8 Å². The number of carbonyl (C=O) groups excluding carboxylic acids is 1. The summed E-state index contributed by atoms with van der Waals surface area (Å²) in [6.07, 6.45) is 1.66. The van der Waals surface area contributed by atoms with Gasteiger partial charge in [0.1, 0.15) is 6.33 Å². The molecule has 9 heteroatoms. The van der Waals surface area contributed by atoms with Crippen LogP contribution in [0.2, 0.25) is 0 Å². The lowest BCUT2D eigenvalue weighted by Crippen LogP contribution is -2.36. The molecule has 0 aliphatic heterocycles. The van der Waals surface area contributed by atoms with Crippen molar-refractivity contribution in [1.82, 2.24) is 25.1 Å². The highest BCUT2D eigenvalue weighted by molar-refractivity contribution is 7.99. The second-order valence-corrected chi connectivity index (χ2v) is 8.19. The van der Waals surface area contributed by atoms with E-state index in [1.165, 1.54) is 10.3 Å². The Hall–Kier alpha value is -2.13. The zero-order valence-corrected chi connectivity index (χ0v) is 16.9. The van der Waals surface area contributed by atoms with Gasteiger partial charge in [0.25, 0.3) is 0 Å². The fourth-order valence-electron chi connectivity index (χ4n) is 2.49. The van der Waals surface area contributed by atoms with Gasteiger partial charge in [0, 0.05) is 26.4 Å². The number of hydrogen-bond donors (Lipinski definition) is 1. The van der Waals surface area contributed by atoms with Crippen LogP contribution in [-0.4, -0.2) is 51.5 Å². The Balaban J connectivity index is 1.52. The highest BCUT2D eigenvalue weighted by Gasteiger charge is 2.14. The average Bonchev–Trinajstić information content (AvgIpc) is 3.22. The van der Waals surface area contributed by atoms with E-state index in [-0.39, 0.29) is 12.5 Å². The molecule has 0 aliphatic carbocycles. The van der Waals surface area contributed by atoms with Crippen molar-refractivity contribution in [2.24, 2.45) is 7.05 Å². The van der Waals surface area contributed by atoms with Gasteiger partial charge in [-0.05, 0) is 25.0 Å². The van der Waals surface area contributed by atoms with Crippen molar-refractivity contribution in [2.45, 2.75) is 19.0 Å². The number of amides is 1. The molecule has 0 saturated heterocycles. The van der Waals surface area contributed by atoms with E-state index in [0.717, 1.165) is 27.1 Å².